The zero-order chi connectivity index (χ0) is 14.8. The quantitative estimate of drug-likeness (QED) is 0.878. The predicted molar refractivity (Wildman–Crippen MR) is 79.5 cm³/mol. The van der Waals surface area contributed by atoms with Gasteiger partial charge in [0.1, 0.15) is 10.1 Å². The maximum absolute atomic E-state index is 11.7. The summed E-state index contributed by atoms with van der Waals surface area (Å²) >= 11 is 3.37. The average Bonchev–Trinajstić information content (AvgIpc) is 2.70. The van der Waals surface area contributed by atoms with Gasteiger partial charge in [0, 0.05) is 5.56 Å². The number of nitrogens with zero attached hydrogens (tertiary/aromatic N) is 1. The van der Waals surface area contributed by atoms with Crippen molar-refractivity contribution in [2.75, 3.05) is 5.32 Å². The highest BCUT2D eigenvalue weighted by Gasteiger charge is 2.21. The average molecular weight is 339 g/mol. The number of hydrogen-bond donors (Lipinski definition) is 1. The Morgan fingerprint density at radius 3 is 2.55 bits per heavy atom. The summed E-state index contributed by atoms with van der Waals surface area (Å²) < 4.78 is 11.0. The third-order valence-corrected chi connectivity index (χ3v) is 3.03. The molecule has 0 saturated carbocycles. The minimum Gasteiger partial charge on any atom is -0.444 e. The Morgan fingerprint density at radius 2 is 1.95 bits per heavy atom. The second-order valence-electron chi connectivity index (χ2n) is 5.17. The van der Waals surface area contributed by atoms with Gasteiger partial charge in [0.05, 0.1) is 0 Å². The number of rotatable bonds is 2. The molecule has 5 nitrogen and oxygen atoms in total. The molecule has 0 saturated heterocycles. The summed E-state index contributed by atoms with van der Waals surface area (Å²) in [5, 5.41) is 6.37. The standard InChI is InChI=1S/C14H15BrN2O3/c1-14(2,3)19-13(18)16-12-10(15)11(20-17-12)9-7-5-4-6-8-9/h4-8H,1-3H3,(H,16,17,18). The second kappa shape index (κ2) is 5.66. The molecular weight excluding hydrogens is 324 g/mol. The maximum atomic E-state index is 11.7. The first-order valence-corrected chi connectivity index (χ1v) is 6.87. The van der Waals surface area contributed by atoms with Crippen LogP contribution in [0.3, 0.4) is 0 Å². The monoisotopic (exact) mass is 338 g/mol. The smallest absolute Gasteiger partial charge is 0.413 e. The van der Waals surface area contributed by atoms with Crippen LogP contribution in [-0.4, -0.2) is 16.9 Å². The van der Waals surface area contributed by atoms with E-state index in [1.165, 1.54) is 0 Å². The number of carbonyl (C=O) groups is 1. The Hall–Kier alpha value is -1.82. The fourth-order valence-corrected chi connectivity index (χ4v) is 2.00. The summed E-state index contributed by atoms with van der Waals surface area (Å²) in [7, 11) is 0. The molecule has 2 rings (SSSR count). The van der Waals surface area contributed by atoms with E-state index in [0.29, 0.717) is 10.2 Å². The van der Waals surface area contributed by atoms with E-state index in [-0.39, 0.29) is 5.82 Å². The summed E-state index contributed by atoms with van der Waals surface area (Å²) in [5.41, 5.74) is 0.298. The van der Waals surface area contributed by atoms with E-state index in [4.69, 9.17) is 9.26 Å². The topological polar surface area (TPSA) is 64.4 Å². The molecule has 1 aromatic carbocycles. The number of benzene rings is 1. The van der Waals surface area contributed by atoms with Crippen molar-refractivity contribution in [2.24, 2.45) is 0 Å². The molecule has 0 fully saturated rings. The fraction of sp³-hybridized carbons (Fsp3) is 0.286. The van der Waals surface area contributed by atoms with Crippen LogP contribution in [0, 0.1) is 0 Å². The van der Waals surface area contributed by atoms with Crippen molar-refractivity contribution < 1.29 is 14.1 Å². The van der Waals surface area contributed by atoms with Gasteiger partial charge in [0.2, 0.25) is 0 Å². The van der Waals surface area contributed by atoms with Gasteiger partial charge in [-0.3, -0.25) is 5.32 Å². The van der Waals surface area contributed by atoms with Crippen LogP contribution in [0.1, 0.15) is 20.8 Å². The molecule has 0 aliphatic carbocycles. The molecule has 0 atom stereocenters. The molecule has 6 heteroatoms. The van der Waals surface area contributed by atoms with E-state index in [2.05, 4.69) is 26.4 Å². The summed E-state index contributed by atoms with van der Waals surface area (Å²) in [4.78, 5) is 11.7. The van der Waals surface area contributed by atoms with Gasteiger partial charge in [-0.1, -0.05) is 35.5 Å². The normalized spacial score (nSPS) is 11.2. The lowest BCUT2D eigenvalue weighted by atomic mass is 10.2. The summed E-state index contributed by atoms with van der Waals surface area (Å²) in [6, 6.07) is 9.48. The first-order valence-electron chi connectivity index (χ1n) is 6.07. The number of anilines is 1. The molecule has 0 radical (unpaired) electrons. The molecule has 20 heavy (non-hydrogen) atoms. The van der Waals surface area contributed by atoms with E-state index in [9.17, 15) is 4.79 Å². The van der Waals surface area contributed by atoms with Crippen LogP contribution in [0.15, 0.2) is 39.3 Å². The number of aromatic nitrogens is 1. The predicted octanol–water partition coefficient (Wildman–Crippen LogP) is 4.45. The lowest BCUT2D eigenvalue weighted by Crippen LogP contribution is -2.27. The van der Waals surface area contributed by atoms with Gasteiger partial charge < -0.3 is 9.26 Å². The summed E-state index contributed by atoms with van der Waals surface area (Å²) in [5.74, 6) is 0.842. The van der Waals surface area contributed by atoms with Crippen molar-refractivity contribution in [1.82, 2.24) is 5.16 Å². The number of hydrogen-bond acceptors (Lipinski definition) is 4. The van der Waals surface area contributed by atoms with Crippen molar-refractivity contribution >= 4 is 27.8 Å². The van der Waals surface area contributed by atoms with Crippen LogP contribution < -0.4 is 5.32 Å². The Labute approximate surface area is 125 Å². The van der Waals surface area contributed by atoms with Crippen molar-refractivity contribution in [3.63, 3.8) is 0 Å². The Bertz CT molecular complexity index is 603. The number of halogens is 1. The zero-order valence-electron chi connectivity index (χ0n) is 11.4. The molecule has 0 unspecified atom stereocenters. The van der Waals surface area contributed by atoms with Crippen LogP contribution in [0.5, 0.6) is 0 Å². The minimum absolute atomic E-state index is 0.290. The van der Waals surface area contributed by atoms with Gasteiger partial charge in [-0.05, 0) is 36.7 Å². The van der Waals surface area contributed by atoms with Crippen LogP contribution in [0.4, 0.5) is 10.6 Å². The first-order chi connectivity index (χ1) is 9.37. The lowest BCUT2D eigenvalue weighted by Gasteiger charge is -2.19. The molecule has 0 aliphatic rings. The molecule has 1 aromatic heterocycles. The SMILES string of the molecule is CC(C)(C)OC(=O)Nc1noc(-c2ccccc2)c1Br. The molecule has 1 N–H and O–H groups in total. The zero-order valence-corrected chi connectivity index (χ0v) is 13.0. The Balaban J connectivity index is 2.16. The van der Waals surface area contributed by atoms with Crippen molar-refractivity contribution in [3.8, 4) is 11.3 Å². The van der Waals surface area contributed by atoms with Gasteiger partial charge in [0.15, 0.2) is 11.6 Å². The molecule has 1 amide bonds. The molecule has 0 bridgehead atoms. The van der Waals surface area contributed by atoms with Crippen molar-refractivity contribution in [1.29, 1.82) is 0 Å². The van der Waals surface area contributed by atoms with Gasteiger partial charge in [-0.25, -0.2) is 4.79 Å². The molecular formula is C14H15BrN2O3. The molecule has 106 valence electrons. The maximum Gasteiger partial charge on any atom is 0.413 e. The van der Waals surface area contributed by atoms with Gasteiger partial charge in [-0.2, -0.15) is 0 Å². The van der Waals surface area contributed by atoms with Crippen LogP contribution in [0.25, 0.3) is 11.3 Å². The lowest BCUT2D eigenvalue weighted by molar-refractivity contribution is 0.0634. The van der Waals surface area contributed by atoms with Crippen molar-refractivity contribution in [2.45, 2.75) is 26.4 Å². The second-order valence-corrected chi connectivity index (χ2v) is 5.96. The third kappa shape index (κ3) is 3.60. The van der Waals surface area contributed by atoms with Crippen LogP contribution >= 0.6 is 15.9 Å². The van der Waals surface area contributed by atoms with Gasteiger partial charge in [0.25, 0.3) is 0 Å². The Kier molecular flexibility index (Phi) is 4.13. The largest absolute Gasteiger partial charge is 0.444 e. The van der Waals surface area contributed by atoms with E-state index in [0.717, 1.165) is 5.56 Å². The fourth-order valence-electron chi connectivity index (χ4n) is 1.53. The highest BCUT2D eigenvalue weighted by molar-refractivity contribution is 9.10. The van der Waals surface area contributed by atoms with E-state index < -0.39 is 11.7 Å². The van der Waals surface area contributed by atoms with E-state index >= 15 is 0 Å². The van der Waals surface area contributed by atoms with Gasteiger partial charge in [-0.15, -0.1) is 0 Å². The number of carbonyl (C=O) groups excluding carboxylic acids is 1. The molecule has 2 aromatic rings. The number of ether oxygens (including phenoxy) is 1. The highest BCUT2D eigenvalue weighted by atomic mass is 79.9. The van der Waals surface area contributed by atoms with Crippen molar-refractivity contribution in [3.05, 3.63) is 34.8 Å². The van der Waals surface area contributed by atoms with Gasteiger partial charge >= 0.3 is 6.09 Å². The summed E-state index contributed by atoms with van der Waals surface area (Å²) in [6.45, 7) is 5.37. The number of nitrogens with one attached hydrogen (secondary N) is 1. The first kappa shape index (κ1) is 14.6. The van der Waals surface area contributed by atoms with Crippen LogP contribution in [-0.2, 0) is 4.74 Å². The van der Waals surface area contributed by atoms with E-state index in [1.807, 2.05) is 30.3 Å². The third-order valence-electron chi connectivity index (χ3n) is 2.29. The summed E-state index contributed by atoms with van der Waals surface area (Å²) in [6.07, 6.45) is -0.578. The number of amides is 1. The molecule has 0 aliphatic heterocycles. The molecule has 0 spiro atoms. The van der Waals surface area contributed by atoms with E-state index in [1.54, 1.807) is 20.8 Å². The minimum atomic E-state index is -0.578. The van der Waals surface area contributed by atoms with Crippen LogP contribution in [0.2, 0.25) is 0 Å². The Morgan fingerprint density at radius 1 is 1.30 bits per heavy atom. The highest BCUT2D eigenvalue weighted by Crippen LogP contribution is 2.34. The molecule has 1 heterocycles.